The standard InChI is InChI=1S/C16H24N2O3/c1-16(2,3)21-15(19)18-9-13(17)14(10-18)20-11-12-7-5-4-6-8-12/h4-8,13-14H,9-11,17H2,1-3H3/t13-,14-/m1/s1. The highest BCUT2D eigenvalue weighted by atomic mass is 16.6. The van der Waals surface area contributed by atoms with Crippen molar-refractivity contribution in [2.24, 2.45) is 5.73 Å². The van der Waals surface area contributed by atoms with E-state index in [4.69, 9.17) is 15.2 Å². The van der Waals surface area contributed by atoms with Crippen molar-refractivity contribution in [1.82, 2.24) is 4.90 Å². The zero-order valence-corrected chi connectivity index (χ0v) is 12.9. The van der Waals surface area contributed by atoms with E-state index >= 15 is 0 Å². The van der Waals surface area contributed by atoms with Crippen LogP contribution in [0.5, 0.6) is 0 Å². The Bertz CT molecular complexity index is 470. The molecule has 0 radical (unpaired) electrons. The summed E-state index contributed by atoms with van der Waals surface area (Å²) in [6.45, 7) is 7.00. The van der Waals surface area contributed by atoms with Gasteiger partial charge in [0.1, 0.15) is 5.60 Å². The van der Waals surface area contributed by atoms with E-state index in [9.17, 15) is 4.79 Å². The van der Waals surface area contributed by atoms with Gasteiger partial charge in [0.05, 0.1) is 25.3 Å². The summed E-state index contributed by atoms with van der Waals surface area (Å²) >= 11 is 0. The molecule has 1 saturated heterocycles. The van der Waals surface area contributed by atoms with E-state index in [0.29, 0.717) is 19.7 Å². The minimum atomic E-state index is -0.496. The van der Waals surface area contributed by atoms with Gasteiger partial charge >= 0.3 is 6.09 Å². The number of rotatable bonds is 3. The first-order valence-corrected chi connectivity index (χ1v) is 7.24. The maximum absolute atomic E-state index is 12.0. The Morgan fingerprint density at radius 2 is 1.95 bits per heavy atom. The predicted molar refractivity (Wildman–Crippen MR) is 80.8 cm³/mol. The molecule has 1 aromatic carbocycles. The largest absolute Gasteiger partial charge is 0.444 e. The van der Waals surface area contributed by atoms with Crippen LogP contribution in [0.2, 0.25) is 0 Å². The van der Waals surface area contributed by atoms with Crippen molar-refractivity contribution < 1.29 is 14.3 Å². The lowest BCUT2D eigenvalue weighted by atomic mass is 10.2. The van der Waals surface area contributed by atoms with Crippen molar-refractivity contribution in [3.05, 3.63) is 35.9 Å². The minimum absolute atomic E-state index is 0.155. The fourth-order valence-electron chi connectivity index (χ4n) is 2.23. The Morgan fingerprint density at radius 3 is 2.57 bits per heavy atom. The van der Waals surface area contributed by atoms with Crippen LogP contribution in [0.15, 0.2) is 30.3 Å². The predicted octanol–water partition coefficient (Wildman–Crippen LogP) is 2.15. The quantitative estimate of drug-likeness (QED) is 0.927. The van der Waals surface area contributed by atoms with Crippen LogP contribution in [0.3, 0.4) is 0 Å². The SMILES string of the molecule is CC(C)(C)OC(=O)N1C[C@@H](N)[C@H](OCc2ccccc2)C1. The number of likely N-dealkylation sites (tertiary alicyclic amines) is 1. The maximum Gasteiger partial charge on any atom is 0.410 e. The Morgan fingerprint density at radius 1 is 1.29 bits per heavy atom. The van der Waals surface area contributed by atoms with Gasteiger partial charge in [-0.2, -0.15) is 0 Å². The van der Waals surface area contributed by atoms with Crippen LogP contribution in [-0.4, -0.2) is 41.8 Å². The highest BCUT2D eigenvalue weighted by Gasteiger charge is 2.35. The van der Waals surface area contributed by atoms with Crippen LogP contribution in [-0.2, 0) is 16.1 Å². The number of nitrogens with two attached hydrogens (primary N) is 1. The number of carbonyl (C=O) groups excluding carboxylic acids is 1. The van der Waals surface area contributed by atoms with Crippen molar-refractivity contribution in [1.29, 1.82) is 0 Å². The van der Waals surface area contributed by atoms with E-state index in [2.05, 4.69) is 0 Å². The van der Waals surface area contributed by atoms with E-state index in [1.165, 1.54) is 0 Å². The fourth-order valence-corrected chi connectivity index (χ4v) is 2.23. The van der Waals surface area contributed by atoms with Crippen LogP contribution in [0.25, 0.3) is 0 Å². The van der Waals surface area contributed by atoms with Crippen molar-refractivity contribution in [3.63, 3.8) is 0 Å². The van der Waals surface area contributed by atoms with Gasteiger partial charge in [0, 0.05) is 6.54 Å². The fraction of sp³-hybridized carbons (Fsp3) is 0.562. The molecule has 1 aliphatic rings. The lowest BCUT2D eigenvalue weighted by Crippen LogP contribution is -2.36. The molecule has 0 bridgehead atoms. The lowest BCUT2D eigenvalue weighted by Gasteiger charge is -2.24. The third-order valence-corrected chi connectivity index (χ3v) is 3.27. The molecule has 0 aliphatic carbocycles. The number of amides is 1. The van der Waals surface area contributed by atoms with E-state index in [0.717, 1.165) is 5.56 Å². The van der Waals surface area contributed by atoms with Gasteiger partial charge in [-0.25, -0.2) is 4.79 Å². The summed E-state index contributed by atoms with van der Waals surface area (Å²) in [5.74, 6) is 0. The van der Waals surface area contributed by atoms with Gasteiger partial charge in [0.2, 0.25) is 0 Å². The molecule has 2 atom stereocenters. The van der Waals surface area contributed by atoms with Gasteiger partial charge in [0.25, 0.3) is 0 Å². The Hall–Kier alpha value is -1.59. The summed E-state index contributed by atoms with van der Waals surface area (Å²) in [7, 11) is 0. The molecule has 5 nitrogen and oxygen atoms in total. The molecule has 5 heteroatoms. The molecule has 0 saturated carbocycles. The van der Waals surface area contributed by atoms with Gasteiger partial charge < -0.3 is 20.1 Å². The highest BCUT2D eigenvalue weighted by Crippen LogP contribution is 2.17. The molecule has 1 aromatic rings. The van der Waals surface area contributed by atoms with Crippen LogP contribution < -0.4 is 5.73 Å². The van der Waals surface area contributed by atoms with E-state index < -0.39 is 5.60 Å². The number of hydrogen-bond acceptors (Lipinski definition) is 4. The molecule has 1 aliphatic heterocycles. The normalized spacial score (nSPS) is 22.4. The van der Waals surface area contributed by atoms with E-state index in [1.54, 1.807) is 4.90 Å². The summed E-state index contributed by atoms with van der Waals surface area (Å²) in [5.41, 5.74) is 6.66. The highest BCUT2D eigenvalue weighted by molar-refractivity contribution is 5.68. The second-order valence-corrected chi connectivity index (χ2v) is 6.38. The Labute approximate surface area is 126 Å². The van der Waals surface area contributed by atoms with Crippen LogP contribution in [0.1, 0.15) is 26.3 Å². The summed E-state index contributed by atoms with van der Waals surface area (Å²) < 4.78 is 11.2. The summed E-state index contributed by atoms with van der Waals surface area (Å²) in [6.07, 6.45) is -0.485. The molecule has 0 unspecified atom stereocenters. The van der Waals surface area contributed by atoms with Gasteiger partial charge in [0.15, 0.2) is 0 Å². The first kappa shape index (κ1) is 15.8. The molecule has 1 amide bonds. The molecule has 21 heavy (non-hydrogen) atoms. The third kappa shape index (κ3) is 4.72. The molecule has 1 heterocycles. The summed E-state index contributed by atoms with van der Waals surface area (Å²) in [4.78, 5) is 13.6. The number of carbonyl (C=O) groups is 1. The molecule has 0 spiro atoms. The molecule has 2 N–H and O–H groups in total. The van der Waals surface area contributed by atoms with Crippen LogP contribution in [0.4, 0.5) is 4.79 Å². The third-order valence-electron chi connectivity index (χ3n) is 3.27. The number of hydrogen-bond donors (Lipinski definition) is 1. The maximum atomic E-state index is 12.0. The Balaban J connectivity index is 1.85. The number of benzene rings is 1. The smallest absolute Gasteiger partial charge is 0.410 e. The second-order valence-electron chi connectivity index (χ2n) is 6.38. The van der Waals surface area contributed by atoms with E-state index in [1.807, 2.05) is 51.1 Å². The van der Waals surface area contributed by atoms with Gasteiger partial charge in [-0.3, -0.25) is 0 Å². The topological polar surface area (TPSA) is 64.8 Å². The molecule has 116 valence electrons. The number of ether oxygens (including phenoxy) is 2. The van der Waals surface area contributed by atoms with Crippen molar-refractivity contribution >= 4 is 6.09 Å². The average molecular weight is 292 g/mol. The summed E-state index contributed by atoms with van der Waals surface area (Å²) in [5, 5.41) is 0. The molecule has 2 rings (SSSR count). The lowest BCUT2D eigenvalue weighted by molar-refractivity contribution is 0.0172. The Kier molecular flexibility index (Phi) is 4.85. The van der Waals surface area contributed by atoms with Crippen molar-refractivity contribution in [2.45, 2.75) is 45.1 Å². The van der Waals surface area contributed by atoms with Crippen LogP contribution >= 0.6 is 0 Å². The molecule has 1 fully saturated rings. The number of nitrogens with zero attached hydrogens (tertiary/aromatic N) is 1. The van der Waals surface area contributed by atoms with E-state index in [-0.39, 0.29) is 18.2 Å². The van der Waals surface area contributed by atoms with Crippen molar-refractivity contribution in [2.75, 3.05) is 13.1 Å². The summed E-state index contributed by atoms with van der Waals surface area (Å²) in [6, 6.07) is 9.74. The average Bonchev–Trinajstić information content (AvgIpc) is 2.77. The molecular formula is C16H24N2O3. The zero-order chi connectivity index (χ0) is 15.5. The molecule has 0 aromatic heterocycles. The first-order valence-electron chi connectivity index (χ1n) is 7.24. The van der Waals surface area contributed by atoms with Crippen LogP contribution in [0, 0.1) is 0 Å². The monoisotopic (exact) mass is 292 g/mol. The van der Waals surface area contributed by atoms with Gasteiger partial charge in [-0.05, 0) is 26.3 Å². The van der Waals surface area contributed by atoms with Crippen molar-refractivity contribution in [3.8, 4) is 0 Å². The first-order chi connectivity index (χ1) is 9.85. The van der Waals surface area contributed by atoms with Gasteiger partial charge in [-0.15, -0.1) is 0 Å². The minimum Gasteiger partial charge on any atom is -0.444 e. The second kappa shape index (κ2) is 6.45. The van der Waals surface area contributed by atoms with Gasteiger partial charge in [-0.1, -0.05) is 30.3 Å². The zero-order valence-electron chi connectivity index (χ0n) is 12.9. The molecular weight excluding hydrogens is 268 g/mol.